The highest BCUT2D eigenvalue weighted by Gasteiger charge is 2.29. The van der Waals surface area contributed by atoms with Gasteiger partial charge in [0, 0.05) is 30.3 Å². The van der Waals surface area contributed by atoms with Crippen LogP contribution in [0.5, 0.6) is 0 Å². The Labute approximate surface area is 200 Å². The highest BCUT2D eigenvalue weighted by molar-refractivity contribution is 5.80. The molecule has 0 aliphatic heterocycles. The number of carbonyl (C=O) groups excluding carboxylic acids is 2. The highest BCUT2D eigenvalue weighted by Crippen LogP contribution is 2.44. The molecule has 0 saturated heterocycles. The monoisotopic (exact) mass is 466 g/mol. The quantitative estimate of drug-likeness (QED) is 0.439. The van der Waals surface area contributed by atoms with Gasteiger partial charge < -0.3 is 20.5 Å². The Bertz CT molecular complexity index is 988. The Kier molecular flexibility index (Phi) is 8.31. The van der Waals surface area contributed by atoms with Crippen LogP contribution in [0.25, 0.3) is 11.1 Å². The third-order valence-electron chi connectivity index (χ3n) is 6.18. The van der Waals surface area contributed by atoms with E-state index < -0.39 is 17.6 Å². The molecule has 0 heterocycles. The van der Waals surface area contributed by atoms with Gasteiger partial charge in [0.25, 0.3) is 0 Å². The lowest BCUT2D eigenvalue weighted by Crippen LogP contribution is -2.47. The van der Waals surface area contributed by atoms with Crippen LogP contribution in [-0.2, 0) is 14.3 Å². The summed E-state index contributed by atoms with van der Waals surface area (Å²) in [5.74, 6) is -1.16. The highest BCUT2D eigenvalue weighted by atomic mass is 16.5. The molecule has 34 heavy (non-hydrogen) atoms. The molecule has 182 valence electrons. The minimum atomic E-state index is -0.900. The summed E-state index contributed by atoms with van der Waals surface area (Å²) in [6.07, 6.45) is 1.29. The first kappa shape index (κ1) is 25.3. The van der Waals surface area contributed by atoms with Gasteiger partial charge in [-0.3, -0.25) is 9.59 Å². The number of aliphatic carboxylic acids is 1. The van der Waals surface area contributed by atoms with Crippen molar-refractivity contribution in [3.63, 3.8) is 0 Å². The van der Waals surface area contributed by atoms with Gasteiger partial charge in [0.1, 0.15) is 6.61 Å². The molecule has 7 heteroatoms. The minimum Gasteiger partial charge on any atom is -0.481 e. The van der Waals surface area contributed by atoms with Crippen LogP contribution in [0.1, 0.15) is 69.9 Å². The number of fused-ring (bicyclic) bond motifs is 3. The van der Waals surface area contributed by atoms with Gasteiger partial charge in [-0.15, -0.1) is 0 Å². The molecule has 0 unspecified atom stereocenters. The fraction of sp³-hybridized carbons (Fsp3) is 0.444. The maximum atomic E-state index is 12.6. The molecule has 1 atom stereocenters. The summed E-state index contributed by atoms with van der Waals surface area (Å²) < 4.78 is 5.62. The summed E-state index contributed by atoms with van der Waals surface area (Å²) in [6, 6.07) is 15.9. The topological polar surface area (TPSA) is 105 Å². The van der Waals surface area contributed by atoms with Gasteiger partial charge in [0.05, 0.1) is 0 Å². The number of nitrogens with one attached hydrogen (secondary N) is 2. The first-order valence-corrected chi connectivity index (χ1v) is 11.8. The third-order valence-corrected chi connectivity index (χ3v) is 6.18. The molecule has 3 N–H and O–H groups in total. The Morgan fingerprint density at radius 2 is 1.62 bits per heavy atom. The van der Waals surface area contributed by atoms with Crippen LogP contribution in [0.4, 0.5) is 4.79 Å². The molecule has 2 amide bonds. The molecule has 2 aromatic rings. The van der Waals surface area contributed by atoms with Crippen molar-refractivity contribution in [3.05, 3.63) is 59.7 Å². The fourth-order valence-corrected chi connectivity index (χ4v) is 4.51. The van der Waals surface area contributed by atoms with Crippen LogP contribution < -0.4 is 10.6 Å². The number of ether oxygens (including phenoxy) is 1. The van der Waals surface area contributed by atoms with E-state index in [9.17, 15) is 14.4 Å². The van der Waals surface area contributed by atoms with Crippen molar-refractivity contribution >= 4 is 18.0 Å². The number of amides is 2. The Balaban J connectivity index is 1.56. The van der Waals surface area contributed by atoms with Crippen molar-refractivity contribution in [2.24, 2.45) is 0 Å². The summed E-state index contributed by atoms with van der Waals surface area (Å²) in [5.41, 5.74) is 3.97. The number of benzene rings is 2. The molecular weight excluding hydrogens is 432 g/mol. The van der Waals surface area contributed by atoms with Gasteiger partial charge in [-0.05, 0) is 48.9 Å². The standard InChI is InChI=1S/C27H34N2O5/c1-4-9-18(16-24(30)29-27(2,3)15-14-25(31)32)28-26(33)34-17-23-21-12-7-5-10-19(21)20-11-6-8-13-22(20)23/h5-8,10-13,18,23H,4,9,14-17H2,1-3H3,(H,28,33)(H,29,30)(H,31,32)/t18-/m0/s1. The maximum Gasteiger partial charge on any atom is 0.407 e. The van der Waals surface area contributed by atoms with Crippen molar-refractivity contribution in [2.45, 2.75) is 70.4 Å². The van der Waals surface area contributed by atoms with Gasteiger partial charge in [0.2, 0.25) is 5.91 Å². The van der Waals surface area contributed by atoms with Gasteiger partial charge in [-0.2, -0.15) is 0 Å². The predicted octanol–water partition coefficient (Wildman–Crippen LogP) is 4.84. The zero-order valence-corrected chi connectivity index (χ0v) is 20.1. The zero-order chi connectivity index (χ0) is 24.7. The van der Waals surface area contributed by atoms with E-state index in [-0.39, 0.29) is 37.3 Å². The number of hydrogen-bond donors (Lipinski definition) is 3. The molecule has 1 aliphatic rings. The minimum absolute atomic E-state index is 0.0241. The van der Waals surface area contributed by atoms with E-state index in [0.29, 0.717) is 12.8 Å². The Morgan fingerprint density at radius 1 is 1.03 bits per heavy atom. The normalized spacial score (nSPS) is 13.5. The zero-order valence-electron chi connectivity index (χ0n) is 20.1. The van der Waals surface area contributed by atoms with Gasteiger partial charge >= 0.3 is 12.1 Å². The average Bonchev–Trinajstić information content (AvgIpc) is 3.10. The first-order valence-electron chi connectivity index (χ1n) is 11.8. The van der Waals surface area contributed by atoms with E-state index in [1.807, 2.05) is 31.2 Å². The number of carboxylic acids is 1. The number of rotatable bonds is 11. The number of alkyl carbamates (subject to hydrolysis) is 1. The van der Waals surface area contributed by atoms with Crippen LogP contribution in [-0.4, -0.2) is 41.3 Å². The van der Waals surface area contributed by atoms with Crippen molar-refractivity contribution in [1.29, 1.82) is 0 Å². The molecule has 0 aromatic heterocycles. The van der Waals surface area contributed by atoms with E-state index in [1.54, 1.807) is 13.8 Å². The largest absolute Gasteiger partial charge is 0.481 e. The number of carbonyl (C=O) groups is 3. The molecule has 0 bridgehead atoms. The molecule has 0 fully saturated rings. The second-order valence-corrected chi connectivity index (χ2v) is 9.49. The lowest BCUT2D eigenvalue weighted by atomic mass is 9.97. The molecule has 7 nitrogen and oxygen atoms in total. The van der Waals surface area contributed by atoms with Crippen LogP contribution in [0.15, 0.2) is 48.5 Å². The van der Waals surface area contributed by atoms with E-state index in [2.05, 4.69) is 34.9 Å². The second-order valence-electron chi connectivity index (χ2n) is 9.49. The average molecular weight is 467 g/mol. The summed E-state index contributed by atoms with van der Waals surface area (Å²) in [7, 11) is 0. The summed E-state index contributed by atoms with van der Waals surface area (Å²) in [6.45, 7) is 5.79. The smallest absolute Gasteiger partial charge is 0.407 e. The molecule has 2 aromatic carbocycles. The Hall–Kier alpha value is -3.35. The molecule has 1 aliphatic carbocycles. The maximum absolute atomic E-state index is 12.6. The predicted molar refractivity (Wildman–Crippen MR) is 131 cm³/mol. The molecule has 3 rings (SSSR count). The van der Waals surface area contributed by atoms with Crippen molar-refractivity contribution in [3.8, 4) is 11.1 Å². The SMILES string of the molecule is CCC[C@@H](CC(=O)NC(C)(C)CCC(=O)O)NC(=O)OCC1c2ccccc2-c2ccccc21. The first-order chi connectivity index (χ1) is 16.2. The number of hydrogen-bond acceptors (Lipinski definition) is 4. The Morgan fingerprint density at radius 3 is 2.18 bits per heavy atom. The lowest BCUT2D eigenvalue weighted by Gasteiger charge is -2.27. The fourth-order valence-electron chi connectivity index (χ4n) is 4.51. The van der Waals surface area contributed by atoms with Crippen molar-refractivity contribution < 1.29 is 24.2 Å². The van der Waals surface area contributed by atoms with E-state index in [1.165, 1.54) is 0 Å². The van der Waals surface area contributed by atoms with E-state index in [4.69, 9.17) is 9.84 Å². The van der Waals surface area contributed by atoms with E-state index >= 15 is 0 Å². The van der Waals surface area contributed by atoms with Gasteiger partial charge in [-0.25, -0.2) is 4.79 Å². The molecule has 0 radical (unpaired) electrons. The lowest BCUT2D eigenvalue weighted by molar-refractivity contribution is -0.137. The molecule has 0 saturated carbocycles. The van der Waals surface area contributed by atoms with Crippen LogP contribution in [0.2, 0.25) is 0 Å². The van der Waals surface area contributed by atoms with Crippen molar-refractivity contribution in [1.82, 2.24) is 10.6 Å². The summed E-state index contributed by atoms with van der Waals surface area (Å²) >= 11 is 0. The van der Waals surface area contributed by atoms with Gasteiger partial charge in [-0.1, -0.05) is 61.9 Å². The van der Waals surface area contributed by atoms with Crippen LogP contribution in [0, 0.1) is 0 Å². The molecule has 0 spiro atoms. The van der Waals surface area contributed by atoms with E-state index in [0.717, 1.165) is 28.7 Å². The number of carboxylic acid groups (broad SMARTS) is 1. The van der Waals surface area contributed by atoms with Crippen molar-refractivity contribution in [2.75, 3.05) is 6.61 Å². The van der Waals surface area contributed by atoms with Crippen LogP contribution in [0.3, 0.4) is 0 Å². The summed E-state index contributed by atoms with van der Waals surface area (Å²) in [4.78, 5) is 36.0. The van der Waals surface area contributed by atoms with Crippen LogP contribution >= 0.6 is 0 Å². The summed E-state index contributed by atoms with van der Waals surface area (Å²) in [5, 5.41) is 14.6. The molecular formula is C27H34N2O5. The second kappa shape index (κ2) is 11.2. The van der Waals surface area contributed by atoms with Gasteiger partial charge in [0.15, 0.2) is 0 Å². The third kappa shape index (κ3) is 6.59.